The van der Waals surface area contributed by atoms with Gasteiger partial charge in [-0.1, -0.05) is 110 Å². The minimum atomic E-state index is -0.288. The first-order valence-corrected chi connectivity index (χ1v) is 12.5. The number of hydrogen-bond acceptors (Lipinski definition) is 1. The van der Waals surface area contributed by atoms with Crippen molar-refractivity contribution in [2.45, 2.75) is 18.3 Å². The molecule has 0 bridgehead atoms. The lowest BCUT2D eigenvalue weighted by molar-refractivity contribution is 0.324. The van der Waals surface area contributed by atoms with E-state index < -0.39 is 0 Å². The van der Waals surface area contributed by atoms with Gasteiger partial charge >= 0.3 is 0 Å². The van der Waals surface area contributed by atoms with E-state index in [1.165, 1.54) is 50.1 Å². The predicted octanol–water partition coefficient (Wildman–Crippen LogP) is 8.67. The molecule has 0 N–H and O–H groups in total. The quantitative estimate of drug-likeness (QED) is 0.237. The summed E-state index contributed by atoms with van der Waals surface area (Å²) in [6.45, 7) is 5.99. The van der Waals surface area contributed by atoms with E-state index >= 15 is 0 Å². The highest BCUT2D eigenvalue weighted by Gasteiger charge is 2.51. The number of benzene rings is 4. The fraction of sp³-hybridized carbons (Fsp3) is 0.0857. The Morgan fingerprint density at radius 1 is 0.667 bits per heavy atom. The molecule has 0 fully saturated rings. The maximum absolute atomic E-state index is 5.73. The predicted molar refractivity (Wildman–Crippen MR) is 148 cm³/mol. The monoisotopic (exact) mass is 462 g/mol. The number of ether oxygens (including phenoxy) is 1. The molecule has 0 aromatic heterocycles. The van der Waals surface area contributed by atoms with Crippen LogP contribution >= 0.6 is 0 Å². The van der Waals surface area contributed by atoms with Crippen molar-refractivity contribution in [1.29, 1.82) is 0 Å². The van der Waals surface area contributed by atoms with E-state index in [-0.39, 0.29) is 11.3 Å². The standard InChI is InChI=1S/C35H26O/c1-23-10-9-11-25(19-18-24(2)36-23)26-20-21-34-30(22-26)29-14-5-8-17-33(29)35(34)31-15-6-3-12-27(31)28-13-4-7-16-32(28)35/h3-22,25H,2H2,1H3/b11-9-,19-18-,23-10+. The van der Waals surface area contributed by atoms with Crippen LogP contribution in [0.25, 0.3) is 22.3 Å². The summed E-state index contributed by atoms with van der Waals surface area (Å²) in [5.41, 5.74) is 11.8. The van der Waals surface area contributed by atoms with Gasteiger partial charge in [0.25, 0.3) is 0 Å². The molecule has 2 aliphatic carbocycles. The number of hydrogen-bond donors (Lipinski definition) is 0. The maximum atomic E-state index is 5.73. The van der Waals surface area contributed by atoms with Crippen molar-refractivity contribution >= 4 is 0 Å². The summed E-state index contributed by atoms with van der Waals surface area (Å²) >= 11 is 0. The van der Waals surface area contributed by atoms with Crippen molar-refractivity contribution in [2.75, 3.05) is 0 Å². The Balaban J connectivity index is 1.48. The summed E-state index contributed by atoms with van der Waals surface area (Å²) in [7, 11) is 0. The van der Waals surface area contributed by atoms with E-state index in [2.05, 4.69) is 116 Å². The molecule has 7 rings (SSSR count). The average Bonchev–Trinajstić information content (AvgIpc) is 3.40. The van der Waals surface area contributed by atoms with Crippen LogP contribution in [-0.4, -0.2) is 0 Å². The highest BCUT2D eigenvalue weighted by atomic mass is 16.5. The van der Waals surface area contributed by atoms with E-state index in [9.17, 15) is 0 Å². The first-order chi connectivity index (χ1) is 17.7. The normalized spacial score (nSPS) is 21.5. The molecule has 4 aromatic carbocycles. The average molecular weight is 463 g/mol. The lowest BCUT2D eigenvalue weighted by Crippen LogP contribution is -2.25. The van der Waals surface area contributed by atoms with Crippen LogP contribution in [0.15, 0.2) is 139 Å². The van der Waals surface area contributed by atoms with Gasteiger partial charge in [-0.15, -0.1) is 0 Å². The lowest BCUT2D eigenvalue weighted by atomic mass is 9.70. The summed E-state index contributed by atoms with van der Waals surface area (Å²) in [5.74, 6) is 1.62. The second-order valence-electron chi connectivity index (χ2n) is 9.81. The van der Waals surface area contributed by atoms with Crippen molar-refractivity contribution in [2.24, 2.45) is 0 Å². The molecule has 1 aliphatic heterocycles. The lowest BCUT2D eigenvalue weighted by Gasteiger charge is -2.30. The third kappa shape index (κ3) is 2.83. The Bertz CT molecular complexity index is 1600. The molecular weight excluding hydrogens is 436 g/mol. The van der Waals surface area contributed by atoms with Crippen molar-refractivity contribution in [3.8, 4) is 22.3 Å². The van der Waals surface area contributed by atoms with Gasteiger partial charge in [0.15, 0.2) is 0 Å². The van der Waals surface area contributed by atoms with Crippen LogP contribution < -0.4 is 0 Å². The summed E-state index contributed by atoms with van der Waals surface area (Å²) in [5, 5.41) is 0. The minimum absolute atomic E-state index is 0.129. The summed E-state index contributed by atoms with van der Waals surface area (Å²) in [6, 6.07) is 33.9. The van der Waals surface area contributed by atoms with Gasteiger partial charge in [0.05, 0.1) is 5.41 Å². The van der Waals surface area contributed by atoms with Gasteiger partial charge in [-0.05, 0) is 75.2 Å². The van der Waals surface area contributed by atoms with Crippen LogP contribution in [0.4, 0.5) is 0 Å². The van der Waals surface area contributed by atoms with Crippen LogP contribution in [0.3, 0.4) is 0 Å². The number of allylic oxidation sites excluding steroid dienone is 6. The van der Waals surface area contributed by atoms with Gasteiger partial charge < -0.3 is 4.74 Å². The second kappa shape index (κ2) is 7.83. The van der Waals surface area contributed by atoms with Gasteiger partial charge in [-0.3, -0.25) is 0 Å². The molecule has 172 valence electrons. The van der Waals surface area contributed by atoms with Crippen molar-refractivity contribution in [1.82, 2.24) is 0 Å². The number of fused-ring (bicyclic) bond motifs is 10. The fourth-order valence-electron chi connectivity index (χ4n) is 6.41. The molecular formula is C35H26O. The zero-order chi connectivity index (χ0) is 24.3. The van der Waals surface area contributed by atoms with E-state index in [0.29, 0.717) is 5.76 Å². The molecule has 1 heterocycles. The summed E-state index contributed by atoms with van der Waals surface area (Å²) in [6.07, 6.45) is 10.4. The molecule has 1 atom stereocenters. The summed E-state index contributed by atoms with van der Waals surface area (Å²) < 4.78 is 5.73. The van der Waals surface area contributed by atoms with Crippen LogP contribution in [-0.2, 0) is 10.2 Å². The highest BCUT2D eigenvalue weighted by molar-refractivity contribution is 5.95. The zero-order valence-corrected chi connectivity index (χ0v) is 20.2. The van der Waals surface area contributed by atoms with Gasteiger partial charge in [-0.25, -0.2) is 0 Å². The van der Waals surface area contributed by atoms with Crippen molar-refractivity contribution < 1.29 is 4.74 Å². The smallest absolute Gasteiger partial charge is 0.119 e. The molecule has 0 saturated heterocycles. The second-order valence-corrected chi connectivity index (χ2v) is 9.81. The third-order valence-electron chi connectivity index (χ3n) is 7.84. The molecule has 36 heavy (non-hydrogen) atoms. The van der Waals surface area contributed by atoms with Gasteiger partial charge in [0.2, 0.25) is 0 Å². The molecule has 1 spiro atoms. The number of rotatable bonds is 1. The van der Waals surface area contributed by atoms with E-state index in [0.717, 1.165) is 5.76 Å². The first kappa shape index (κ1) is 21.0. The summed E-state index contributed by atoms with van der Waals surface area (Å²) in [4.78, 5) is 0. The zero-order valence-electron chi connectivity index (χ0n) is 20.2. The minimum Gasteiger partial charge on any atom is -0.463 e. The van der Waals surface area contributed by atoms with E-state index in [4.69, 9.17) is 4.74 Å². The molecule has 1 unspecified atom stereocenters. The molecule has 0 amide bonds. The SMILES string of the molecule is C=C1/C=C\C(c2ccc3c(c2)-c2ccccc2C32c3ccccc3-c3ccccc32)/C=C\C=C(/C)O1. The van der Waals surface area contributed by atoms with Crippen molar-refractivity contribution in [3.63, 3.8) is 0 Å². The van der Waals surface area contributed by atoms with Crippen molar-refractivity contribution in [3.05, 3.63) is 167 Å². The first-order valence-electron chi connectivity index (χ1n) is 12.5. The molecule has 0 saturated carbocycles. The Morgan fingerprint density at radius 2 is 1.22 bits per heavy atom. The maximum Gasteiger partial charge on any atom is 0.119 e. The Hall–Kier alpha value is -4.36. The molecule has 0 radical (unpaired) electrons. The van der Waals surface area contributed by atoms with Crippen LogP contribution in [0.5, 0.6) is 0 Å². The highest BCUT2D eigenvalue weighted by Crippen LogP contribution is 2.62. The van der Waals surface area contributed by atoms with Gasteiger partial charge in [0.1, 0.15) is 11.5 Å². The third-order valence-corrected chi connectivity index (χ3v) is 7.84. The molecule has 3 aliphatic rings. The topological polar surface area (TPSA) is 9.23 Å². The van der Waals surface area contributed by atoms with Gasteiger partial charge in [0, 0.05) is 5.92 Å². The molecule has 1 heteroatoms. The fourth-order valence-corrected chi connectivity index (χ4v) is 6.41. The Labute approximate surface area is 212 Å². The van der Waals surface area contributed by atoms with Crippen LogP contribution in [0.1, 0.15) is 40.7 Å². The van der Waals surface area contributed by atoms with E-state index in [1.807, 2.05) is 19.1 Å². The van der Waals surface area contributed by atoms with Crippen LogP contribution in [0.2, 0.25) is 0 Å². The Kier molecular flexibility index (Phi) is 4.56. The molecule has 1 nitrogen and oxygen atoms in total. The van der Waals surface area contributed by atoms with Gasteiger partial charge in [-0.2, -0.15) is 0 Å². The van der Waals surface area contributed by atoms with E-state index in [1.54, 1.807) is 0 Å². The molecule has 4 aromatic rings. The largest absolute Gasteiger partial charge is 0.463 e. The van der Waals surface area contributed by atoms with Crippen LogP contribution in [0, 0.1) is 0 Å². The Morgan fingerprint density at radius 3 is 1.86 bits per heavy atom.